The second kappa shape index (κ2) is 5.19. The lowest BCUT2D eigenvalue weighted by Crippen LogP contribution is -2.77. The van der Waals surface area contributed by atoms with Crippen molar-refractivity contribution in [3.8, 4) is 23.0 Å². The molecule has 1 saturated heterocycles. The minimum Gasteiger partial charge on any atom is -0.508 e. The number of hydrogen-bond donors (Lipinski definition) is 2. The number of phenolic OH excluding ortho intramolecular Hbond substituents is 2. The average Bonchev–Trinajstić information content (AvgIpc) is 3.15. The van der Waals surface area contributed by atoms with Gasteiger partial charge in [0.2, 0.25) is 0 Å². The van der Waals surface area contributed by atoms with Crippen molar-refractivity contribution in [3.05, 3.63) is 58.7 Å². The molecule has 2 aromatic rings. The van der Waals surface area contributed by atoms with E-state index >= 15 is 0 Å². The molecule has 0 amide bonds. The van der Waals surface area contributed by atoms with Gasteiger partial charge in [0.05, 0.1) is 12.5 Å². The Morgan fingerprint density at radius 1 is 1.03 bits per heavy atom. The van der Waals surface area contributed by atoms with Crippen molar-refractivity contribution >= 4 is 0 Å². The van der Waals surface area contributed by atoms with E-state index in [2.05, 4.69) is 30.2 Å². The molecule has 2 N–H and O–H groups in total. The van der Waals surface area contributed by atoms with Gasteiger partial charge >= 0.3 is 0 Å². The van der Waals surface area contributed by atoms with Crippen LogP contribution in [0.15, 0.2) is 36.4 Å². The Bertz CT molecular complexity index is 1210. The van der Waals surface area contributed by atoms with Crippen LogP contribution in [0.3, 0.4) is 0 Å². The fourth-order valence-electron chi connectivity index (χ4n) is 7.87. The fourth-order valence-corrected chi connectivity index (χ4v) is 7.87. The van der Waals surface area contributed by atoms with E-state index in [1.807, 2.05) is 6.07 Å². The number of benzene rings is 2. The average molecular weight is 419 g/mol. The molecule has 8 rings (SSSR count). The molecule has 31 heavy (non-hydrogen) atoms. The predicted octanol–water partition coefficient (Wildman–Crippen LogP) is 2.73. The molecule has 2 aliphatic heterocycles. The molecule has 2 aromatic carbocycles. The first-order chi connectivity index (χ1) is 15.0. The first kappa shape index (κ1) is 17.9. The lowest BCUT2D eigenvalue weighted by atomic mass is 9.37. The van der Waals surface area contributed by atoms with Crippen molar-refractivity contribution in [2.24, 2.45) is 0 Å². The van der Waals surface area contributed by atoms with Gasteiger partial charge in [0.1, 0.15) is 17.6 Å². The molecule has 1 fully saturated rings. The normalized spacial score (nSPS) is 37.9. The Kier molecular flexibility index (Phi) is 3.00. The number of ether oxygens (including phenoxy) is 3. The summed E-state index contributed by atoms with van der Waals surface area (Å²) in [4.78, 5) is 2.40. The zero-order chi connectivity index (χ0) is 21.3. The third-order valence-corrected chi connectivity index (χ3v) is 8.91. The van der Waals surface area contributed by atoms with E-state index in [0.717, 1.165) is 36.4 Å². The van der Waals surface area contributed by atoms with Gasteiger partial charge in [0, 0.05) is 35.3 Å². The smallest absolute Gasteiger partial charge is 0.166 e. The number of likely N-dealkylation sites (N-methyl/N-ethyl adjacent to an activating group) is 1. The molecule has 2 spiro atoms. The Morgan fingerprint density at radius 3 is 2.55 bits per heavy atom. The van der Waals surface area contributed by atoms with E-state index in [4.69, 9.17) is 14.2 Å². The Balaban J connectivity index is 1.70. The summed E-state index contributed by atoms with van der Waals surface area (Å²) in [5.41, 5.74) is 1.94. The Hall–Kier alpha value is -2.70. The molecular weight excluding hydrogens is 394 g/mol. The lowest BCUT2D eigenvalue weighted by molar-refractivity contribution is -0.145. The Morgan fingerprint density at radius 2 is 1.81 bits per heavy atom. The van der Waals surface area contributed by atoms with Crippen LogP contribution < -0.4 is 9.47 Å². The van der Waals surface area contributed by atoms with Crippen LogP contribution in [0, 0.1) is 0 Å². The molecule has 0 saturated carbocycles. The van der Waals surface area contributed by atoms with Gasteiger partial charge in [-0.2, -0.15) is 0 Å². The van der Waals surface area contributed by atoms with Crippen LogP contribution in [0.4, 0.5) is 0 Å². The van der Waals surface area contributed by atoms with Crippen LogP contribution in [-0.4, -0.2) is 55.1 Å². The quantitative estimate of drug-likeness (QED) is 0.576. The van der Waals surface area contributed by atoms with Crippen molar-refractivity contribution in [2.45, 2.75) is 41.4 Å². The maximum atomic E-state index is 11.3. The highest BCUT2D eigenvalue weighted by Crippen LogP contribution is 2.75. The number of phenols is 2. The summed E-state index contributed by atoms with van der Waals surface area (Å²) in [7, 11) is 5.49. The minimum atomic E-state index is -1.00. The Labute approximate surface area is 180 Å². The first-order valence-electron chi connectivity index (χ1n) is 10.8. The molecule has 2 heterocycles. The minimum absolute atomic E-state index is 0.122. The van der Waals surface area contributed by atoms with Crippen LogP contribution in [0.5, 0.6) is 23.0 Å². The highest BCUT2D eigenvalue weighted by atomic mass is 16.6. The molecule has 4 bridgehead atoms. The van der Waals surface area contributed by atoms with Gasteiger partial charge in [-0.1, -0.05) is 12.1 Å². The predicted molar refractivity (Wildman–Crippen MR) is 113 cm³/mol. The number of likely N-dealkylation sites (tertiary alicyclic amines) is 1. The standard InChI is InChI=1S/C25H25NO5/c1-26-11-10-24-18-13-4-7-16(29-2)21(18)31-22(24)25(30-3)9-8-23(24,17(26)12-13)19-14(27)5-6-15(28)20(19)25/h4-9,17,22,27-28H,10-12H2,1-3H3/t17-,22-,23+,24+,25?/m1/s1. The fraction of sp³-hybridized carbons (Fsp3) is 0.440. The van der Waals surface area contributed by atoms with Gasteiger partial charge in [0.15, 0.2) is 17.1 Å². The highest BCUT2D eigenvalue weighted by Gasteiger charge is 2.79. The molecule has 160 valence electrons. The van der Waals surface area contributed by atoms with Gasteiger partial charge in [-0.15, -0.1) is 0 Å². The second-order valence-electron chi connectivity index (χ2n) is 9.60. The molecular formula is C25H25NO5. The van der Waals surface area contributed by atoms with E-state index in [9.17, 15) is 10.2 Å². The van der Waals surface area contributed by atoms with Gasteiger partial charge < -0.3 is 29.3 Å². The van der Waals surface area contributed by atoms with Gasteiger partial charge in [-0.3, -0.25) is 0 Å². The van der Waals surface area contributed by atoms with Crippen molar-refractivity contribution in [3.63, 3.8) is 0 Å². The number of piperidine rings is 1. The zero-order valence-corrected chi connectivity index (χ0v) is 17.8. The monoisotopic (exact) mass is 419 g/mol. The summed E-state index contributed by atoms with van der Waals surface area (Å²) in [5, 5.41) is 22.3. The van der Waals surface area contributed by atoms with Crippen LogP contribution in [0.25, 0.3) is 0 Å². The van der Waals surface area contributed by atoms with Crippen LogP contribution in [-0.2, 0) is 27.6 Å². The van der Waals surface area contributed by atoms with Crippen LogP contribution >= 0.6 is 0 Å². The molecule has 0 aromatic heterocycles. The SMILES string of the molecule is COc1ccc2c3c1O[C@H]1C4(OC)C=C[C@@]5(c6c(O)ccc(O)c64)[C@@H](C2)N(C)CC[C@]315. The molecule has 1 unspecified atom stereocenters. The molecule has 5 atom stereocenters. The third kappa shape index (κ3) is 1.55. The molecule has 0 radical (unpaired) electrons. The maximum Gasteiger partial charge on any atom is 0.166 e. The van der Waals surface area contributed by atoms with Crippen molar-refractivity contribution in [1.29, 1.82) is 0 Å². The maximum absolute atomic E-state index is 11.3. The number of nitrogens with zero attached hydrogens (tertiary/aromatic N) is 1. The number of hydrogen-bond acceptors (Lipinski definition) is 6. The van der Waals surface area contributed by atoms with Crippen LogP contribution in [0.1, 0.15) is 28.7 Å². The number of rotatable bonds is 2. The van der Waals surface area contributed by atoms with Crippen molar-refractivity contribution in [2.75, 3.05) is 27.8 Å². The first-order valence-corrected chi connectivity index (χ1v) is 10.8. The van der Waals surface area contributed by atoms with Crippen LogP contribution in [0.2, 0.25) is 0 Å². The van der Waals surface area contributed by atoms with Crippen molar-refractivity contribution < 1.29 is 24.4 Å². The summed E-state index contributed by atoms with van der Waals surface area (Å²) >= 11 is 0. The summed E-state index contributed by atoms with van der Waals surface area (Å²) in [6, 6.07) is 7.45. The van der Waals surface area contributed by atoms with E-state index in [1.165, 1.54) is 11.1 Å². The van der Waals surface area contributed by atoms with E-state index in [0.29, 0.717) is 5.56 Å². The highest BCUT2D eigenvalue weighted by molar-refractivity contribution is 5.75. The summed E-state index contributed by atoms with van der Waals surface area (Å²) < 4.78 is 18.7. The third-order valence-electron chi connectivity index (χ3n) is 8.91. The molecule has 6 aliphatic rings. The lowest BCUT2D eigenvalue weighted by Gasteiger charge is -2.69. The molecule has 6 nitrogen and oxygen atoms in total. The van der Waals surface area contributed by atoms with Crippen molar-refractivity contribution in [1.82, 2.24) is 4.90 Å². The van der Waals surface area contributed by atoms with Gasteiger partial charge in [0.25, 0.3) is 0 Å². The summed E-state index contributed by atoms with van der Waals surface area (Å²) in [6.45, 7) is 0.922. The van der Waals surface area contributed by atoms with Gasteiger partial charge in [-0.05, 0) is 56.3 Å². The zero-order valence-electron chi connectivity index (χ0n) is 17.8. The number of methoxy groups -OCH3 is 2. The van der Waals surface area contributed by atoms with Gasteiger partial charge in [-0.25, -0.2) is 0 Å². The van der Waals surface area contributed by atoms with E-state index in [-0.39, 0.29) is 23.6 Å². The summed E-state index contributed by atoms with van der Waals surface area (Å²) in [5.74, 6) is 1.84. The second-order valence-corrected chi connectivity index (χ2v) is 9.60. The molecule has 4 aliphatic carbocycles. The topological polar surface area (TPSA) is 71.4 Å². The number of aromatic hydroxyl groups is 2. The van der Waals surface area contributed by atoms with E-state index in [1.54, 1.807) is 26.4 Å². The van der Waals surface area contributed by atoms with E-state index < -0.39 is 16.4 Å². The molecule has 6 heteroatoms. The largest absolute Gasteiger partial charge is 0.508 e. The summed E-state index contributed by atoms with van der Waals surface area (Å²) in [6.07, 6.45) is 5.64.